The molecule has 6 heteroatoms. The molecule has 0 aliphatic rings. The average Bonchev–Trinajstić information content (AvgIpc) is 2.74. The van der Waals surface area contributed by atoms with Crippen LogP contribution < -0.4 is 10.1 Å². The van der Waals surface area contributed by atoms with Crippen LogP contribution in [0.25, 0.3) is 0 Å². The number of aryl methyl sites for hydroxylation is 2. The minimum Gasteiger partial charge on any atom is -0.483 e. The van der Waals surface area contributed by atoms with E-state index >= 15 is 0 Å². The van der Waals surface area contributed by atoms with E-state index in [1.165, 1.54) is 0 Å². The van der Waals surface area contributed by atoms with E-state index in [-0.39, 0.29) is 18.4 Å². The van der Waals surface area contributed by atoms with Gasteiger partial charge in [0.1, 0.15) is 11.8 Å². The van der Waals surface area contributed by atoms with E-state index in [1.54, 1.807) is 24.0 Å². The predicted octanol–water partition coefficient (Wildman–Crippen LogP) is 4.98. The maximum absolute atomic E-state index is 13.1. The van der Waals surface area contributed by atoms with Gasteiger partial charge in [0.05, 0.1) is 0 Å². The lowest BCUT2D eigenvalue weighted by molar-refractivity contribution is -0.142. The third-order valence-electron chi connectivity index (χ3n) is 5.38. The molecular weight excluding hydrogens is 412 g/mol. The number of hydrogen-bond donors (Lipinski definition) is 1. The molecular formula is C25H33ClN2O3. The molecule has 2 rings (SSSR count). The first kappa shape index (κ1) is 24.7. The molecule has 0 aliphatic carbocycles. The predicted molar refractivity (Wildman–Crippen MR) is 126 cm³/mol. The quantitative estimate of drug-likeness (QED) is 0.526. The van der Waals surface area contributed by atoms with Crippen molar-refractivity contribution in [1.29, 1.82) is 0 Å². The van der Waals surface area contributed by atoms with Gasteiger partial charge in [0.2, 0.25) is 5.91 Å². The first-order valence-corrected chi connectivity index (χ1v) is 11.1. The van der Waals surface area contributed by atoms with Crippen LogP contribution in [0.2, 0.25) is 5.02 Å². The van der Waals surface area contributed by atoms with Crippen molar-refractivity contribution in [2.75, 3.05) is 13.2 Å². The Morgan fingerprint density at radius 3 is 2.45 bits per heavy atom. The number of ether oxygens (including phenoxy) is 1. The molecule has 31 heavy (non-hydrogen) atoms. The molecule has 5 nitrogen and oxygen atoms in total. The second kappa shape index (κ2) is 11.8. The van der Waals surface area contributed by atoms with E-state index in [0.29, 0.717) is 23.9 Å². The van der Waals surface area contributed by atoms with E-state index < -0.39 is 6.04 Å². The van der Waals surface area contributed by atoms with Crippen molar-refractivity contribution in [1.82, 2.24) is 10.2 Å². The highest BCUT2D eigenvalue weighted by molar-refractivity contribution is 6.30. The minimum absolute atomic E-state index is 0.135. The molecule has 0 aromatic heterocycles. The van der Waals surface area contributed by atoms with Crippen LogP contribution in [-0.4, -0.2) is 35.9 Å². The number of amides is 2. The average molecular weight is 445 g/mol. The van der Waals surface area contributed by atoms with Crippen molar-refractivity contribution in [2.45, 2.75) is 60.0 Å². The van der Waals surface area contributed by atoms with Gasteiger partial charge in [0.15, 0.2) is 6.61 Å². The van der Waals surface area contributed by atoms with E-state index in [0.717, 1.165) is 35.1 Å². The Morgan fingerprint density at radius 2 is 1.81 bits per heavy atom. The number of rotatable bonds is 10. The molecule has 0 saturated heterocycles. The summed E-state index contributed by atoms with van der Waals surface area (Å²) >= 11 is 5.99. The van der Waals surface area contributed by atoms with Crippen LogP contribution in [0.4, 0.5) is 0 Å². The lowest BCUT2D eigenvalue weighted by Gasteiger charge is -2.29. The Labute approximate surface area is 190 Å². The molecule has 0 heterocycles. The van der Waals surface area contributed by atoms with Gasteiger partial charge in [0.25, 0.3) is 5.91 Å². The normalized spacial score (nSPS) is 11.7. The lowest BCUT2D eigenvalue weighted by atomic mass is 10.1. The van der Waals surface area contributed by atoms with Crippen LogP contribution in [0.5, 0.6) is 5.75 Å². The van der Waals surface area contributed by atoms with E-state index in [9.17, 15) is 9.59 Å². The molecule has 1 atom stereocenters. The molecule has 0 fully saturated rings. The molecule has 0 spiro atoms. The largest absolute Gasteiger partial charge is 0.483 e. The zero-order valence-electron chi connectivity index (χ0n) is 19.1. The van der Waals surface area contributed by atoms with Crippen molar-refractivity contribution < 1.29 is 14.3 Å². The number of carbonyl (C=O) groups is 2. The Hall–Kier alpha value is -2.53. The Balaban J connectivity index is 2.16. The third kappa shape index (κ3) is 7.28. The first-order chi connectivity index (χ1) is 14.7. The van der Waals surface area contributed by atoms with Crippen molar-refractivity contribution in [3.05, 3.63) is 63.7 Å². The maximum Gasteiger partial charge on any atom is 0.261 e. The van der Waals surface area contributed by atoms with Gasteiger partial charge in [-0.15, -0.1) is 0 Å². The van der Waals surface area contributed by atoms with Gasteiger partial charge in [-0.2, -0.15) is 0 Å². The van der Waals surface area contributed by atoms with Crippen LogP contribution in [0.3, 0.4) is 0 Å². The second-order valence-corrected chi connectivity index (χ2v) is 8.40. The number of nitrogens with zero attached hydrogens (tertiary/aromatic N) is 1. The zero-order chi connectivity index (χ0) is 23.0. The Morgan fingerprint density at radius 1 is 1.13 bits per heavy atom. The highest BCUT2D eigenvalue weighted by atomic mass is 35.5. The van der Waals surface area contributed by atoms with Gasteiger partial charge in [-0.25, -0.2) is 0 Å². The number of unbranched alkanes of at least 4 members (excludes halogenated alkanes) is 1. The third-order valence-corrected chi connectivity index (χ3v) is 5.63. The van der Waals surface area contributed by atoms with Gasteiger partial charge in [-0.1, -0.05) is 43.1 Å². The summed E-state index contributed by atoms with van der Waals surface area (Å²) in [6.45, 7) is 10.6. The molecule has 1 unspecified atom stereocenters. The molecule has 0 radical (unpaired) electrons. The summed E-state index contributed by atoms with van der Waals surface area (Å²) < 4.78 is 5.88. The highest BCUT2D eigenvalue weighted by Crippen LogP contribution is 2.23. The highest BCUT2D eigenvalue weighted by Gasteiger charge is 2.26. The monoisotopic (exact) mass is 444 g/mol. The summed E-state index contributed by atoms with van der Waals surface area (Å²) in [7, 11) is 0. The van der Waals surface area contributed by atoms with Crippen molar-refractivity contribution in [3.63, 3.8) is 0 Å². The summed E-state index contributed by atoms with van der Waals surface area (Å²) in [4.78, 5) is 27.4. The number of nitrogens with one attached hydrogen (secondary N) is 1. The van der Waals surface area contributed by atoms with Gasteiger partial charge in [0, 0.05) is 18.1 Å². The first-order valence-electron chi connectivity index (χ1n) is 10.7. The van der Waals surface area contributed by atoms with E-state index in [4.69, 9.17) is 16.3 Å². The van der Waals surface area contributed by atoms with Crippen molar-refractivity contribution in [3.8, 4) is 5.75 Å². The molecule has 0 bridgehead atoms. The standard InChI is InChI=1S/C25H33ClN2O3/c1-6-7-12-27-25(30)20(5)28(15-21-8-10-22(26)11-9-21)24(29)16-31-23-14-17(2)13-18(3)19(23)4/h8-11,13-14,20H,6-7,12,15-16H2,1-5H3,(H,27,30). The fourth-order valence-electron chi connectivity index (χ4n) is 3.28. The molecule has 168 valence electrons. The van der Waals surface area contributed by atoms with Crippen molar-refractivity contribution in [2.24, 2.45) is 0 Å². The maximum atomic E-state index is 13.1. The van der Waals surface area contributed by atoms with Crippen LogP contribution in [0, 0.1) is 20.8 Å². The summed E-state index contributed by atoms with van der Waals surface area (Å²) in [5, 5.41) is 3.54. The zero-order valence-corrected chi connectivity index (χ0v) is 19.9. The second-order valence-electron chi connectivity index (χ2n) is 7.96. The SMILES string of the molecule is CCCCNC(=O)C(C)N(Cc1ccc(Cl)cc1)C(=O)COc1cc(C)cc(C)c1C. The number of benzene rings is 2. The van der Waals surface area contributed by atoms with E-state index in [1.807, 2.05) is 39.0 Å². The fourth-order valence-corrected chi connectivity index (χ4v) is 3.40. The number of hydrogen-bond acceptors (Lipinski definition) is 3. The summed E-state index contributed by atoms with van der Waals surface area (Å²) in [5.74, 6) is 0.280. The number of carbonyl (C=O) groups excluding carboxylic acids is 2. The summed E-state index contributed by atoms with van der Waals surface area (Å²) in [5.41, 5.74) is 4.10. The molecule has 2 aromatic rings. The molecule has 0 saturated carbocycles. The van der Waals surface area contributed by atoms with Gasteiger partial charge in [-0.05, 0) is 74.6 Å². The Kier molecular flexibility index (Phi) is 9.38. The van der Waals surface area contributed by atoms with Crippen molar-refractivity contribution >= 4 is 23.4 Å². The smallest absolute Gasteiger partial charge is 0.261 e. The van der Waals surface area contributed by atoms with E-state index in [2.05, 4.69) is 18.3 Å². The minimum atomic E-state index is -0.621. The molecule has 0 aliphatic heterocycles. The topological polar surface area (TPSA) is 58.6 Å². The van der Waals surface area contributed by atoms with Gasteiger partial charge in [-0.3, -0.25) is 9.59 Å². The fraction of sp³-hybridized carbons (Fsp3) is 0.440. The Bertz CT molecular complexity index is 896. The summed E-state index contributed by atoms with van der Waals surface area (Å²) in [6, 6.07) is 10.7. The molecule has 2 amide bonds. The summed E-state index contributed by atoms with van der Waals surface area (Å²) in [6.07, 6.45) is 1.89. The number of halogens is 1. The van der Waals surface area contributed by atoms with Crippen LogP contribution >= 0.6 is 11.6 Å². The van der Waals surface area contributed by atoms with Crippen LogP contribution in [0.15, 0.2) is 36.4 Å². The van der Waals surface area contributed by atoms with Crippen LogP contribution in [-0.2, 0) is 16.1 Å². The van der Waals surface area contributed by atoms with Gasteiger partial charge >= 0.3 is 0 Å². The lowest BCUT2D eigenvalue weighted by Crippen LogP contribution is -2.49. The van der Waals surface area contributed by atoms with Gasteiger partial charge < -0.3 is 15.0 Å². The molecule has 2 aromatic carbocycles. The molecule has 1 N–H and O–H groups in total. The van der Waals surface area contributed by atoms with Crippen LogP contribution in [0.1, 0.15) is 48.9 Å².